The van der Waals surface area contributed by atoms with E-state index in [4.69, 9.17) is 0 Å². The van der Waals surface area contributed by atoms with E-state index in [1.54, 1.807) is 0 Å². The van der Waals surface area contributed by atoms with Crippen LogP contribution in [0.3, 0.4) is 0 Å². The Balaban J connectivity index is -0.0000000691. The lowest BCUT2D eigenvalue weighted by Gasteiger charge is -1.96. The van der Waals surface area contributed by atoms with Crippen LogP contribution in [0.5, 0.6) is 0 Å². The second kappa shape index (κ2) is 62.7. The highest BCUT2D eigenvalue weighted by Crippen LogP contribution is 2.10. The summed E-state index contributed by atoms with van der Waals surface area (Å²) in [6.07, 6.45) is 13.2. The molecule has 0 bridgehead atoms. The Kier molecular flexibility index (Phi) is 83.8. The molecule has 0 atom stereocenters. The molecule has 4 heterocycles. The number of sulfonamides is 1. The predicted molar refractivity (Wildman–Crippen MR) is 226 cm³/mol. The highest BCUT2D eigenvalue weighted by molar-refractivity contribution is 7.91. The lowest BCUT2D eigenvalue weighted by atomic mass is 10.2. The van der Waals surface area contributed by atoms with Crippen molar-refractivity contribution in [2.24, 2.45) is 0 Å². The van der Waals surface area contributed by atoms with Gasteiger partial charge in [-0.2, -0.15) is 0 Å². The van der Waals surface area contributed by atoms with E-state index in [1.807, 2.05) is 111 Å². The molecule has 10 nitrogen and oxygen atoms in total. The SMILES string of the molecule is CC.CC.CC.CC.CC.CC.CC.CC.O=C1CCCCCN1.O=C1NCCCCN1.O=S1(=O)CCCCCC1.O=S1(=O)CCCCCN1. The van der Waals surface area contributed by atoms with E-state index in [0.717, 1.165) is 96.7 Å². The first-order valence-corrected chi connectivity index (χ1v) is 24.1. The molecule has 0 aromatic heterocycles. The molecule has 0 radical (unpaired) electrons. The van der Waals surface area contributed by atoms with E-state index in [9.17, 15) is 26.4 Å². The Morgan fingerprint density at radius 2 is 0.700 bits per heavy atom. The summed E-state index contributed by atoms with van der Waals surface area (Å²) in [5.41, 5.74) is 0. The minimum absolute atomic E-state index is 0.0255. The Morgan fingerprint density at radius 3 is 1.14 bits per heavy atom. The number of hydrogen-bond acceptors (Lipinski definition) is 6. The fraction of sp³-hybridized carbons (Fsp3) is 0.947. The van der Waals surface area contributed by atoms with Crippen molar-refractivity contribution >= 4 is 31.8 Å². The van der Waals surface area contributed by atoms with E-state index >= 15 is 0 Å². The second-order valence-electron chi connectivity index (χ2n) is 8.89. The van der Waals surface area contributed by atoms with Crippen molar-refractivity contribution in [2.75, 3.05) is 43.4 Å². The molecular formula is C38H92N4O6S2. The fourth-order valence-corrected chi connectivity index (χ4v) is 6.29. The minimum Gasteiger partial charge on any atom is -0.356 e. The largest absolute Gasteiger partial charge is 0.356 e. The van der Waals surface area contributed by atoms with Crippen LogP contribution in [0.4, 0.5) is 4.79 Å². The highest BCUT2D eigenvalue weighted by Gasteiger charge is 2.13. The van der Waals surface area contributed by atoms with Crippen molar-refractivity contribution in [1.29, 1.82) is 0 Å². The maximum atomic E-state index is 10.9. The van der Waals surface area contributed by atoms with Gasteiger partial charge in [0.05, 0.1) is 17.3 Å². The number of carbonyl (C=O) groups excluding carboxylic acids is 2. The number of carbonyl (C=O) groups is 2. The van der Waals surface area contributed by atoms with Crippen LogP contribution in [0.25, 0.3) is 0 Å². The van der Waals surface area contributed by atoms with Crippen molar-refractivity contribution < 1.29 is 26.4 Å². The van der Waals surface area contributed by atoms with E-state index in [0.29, 0.717) is 23.8 Å². The van der Waals surface area contributed by atoms with Crippen LogP contribution in [-0.2, 0) is 24.7 Å². The van der Waals surface area contributed by atoms with Crippen molar-refractivity contribution in [3.63, 3.8) is 0 Å². The molecule has 0 spiro atoms. The molecule has 4 rings (SSSR count). The number of rotatable bonds is 0. The molecule has 0 unspecified atom stereocenters. The number of nitrogens with one attached hydrogen (secondary N) is 4. The molecule has 4 saturated heterocycles. The van der Waals surface area contributed by atoms with E-state index in [-0.39, 0.29) is 11.9 Å². The van der Waals surface area contributed by atoms with Gasteiger partial charge in [-0.1, -0.05) is 136 Å². The standard InChI is InChI=1S/C6H11NO.C6H12O2S.C5H10N2O.C5H11NO2S.8C2H6/c8-6-4-2-1-3-5-7-6;7-9(8)5-3-1-2-4-6-9;8-5-6-3-1-2-4-7-5;7-9(8)5-3-1-2-4-6-9;8*1-2/h1-5H2,(H,7,8);1-6H2;1-4H2,(H2,6,7,8);6H,1-5H2;8*1-2H3. The molecule has 0 saturated carbocycles. The summed E-state index contributed by atoms with van der Waals surface area (Å²) in [5, 5.41) is 8.19. The fourth-order valence-electron chi connectivity index (χ4n) is 3.61. The molecular weight excluding hydrogens is 673 g/mol. The van der Waals surface area contributed by atoms with Crippen LogP contribution >= 0.6 is 0 Å². The van der Waals surface area contributed by atoms with Crippen LogP contribution in [0.1, 0.15) is 194 Å². The Morgan fingerprint density at radius 1 is 0.380 bits per heavy atom. The molecule has 4 aliphatic rings. The summed E-state index contributed by atoms with van der Waals surface area (Å²) in [6, 6.07) is -0.0255. The van der Waals surface area contributed by atoms with E-state index < -0.39 is 19.9 Å². The topological polar surface area (TPSA) is 151 Å². The lowest BCUT2D eigenvalue weighted by Crippen LogP contribution is -2.32. The molecule has 4 N–H and O–H groups in total. The molecule has 0 aromatic carbocycles. The first kappa shape index (κ1) is 66.8. The summed E-state index contributed by atoms with van der Waals surface area (Å²) in [7, 11) is -5.49. The van der Waals surface area contributed by atoms with Gasteiger partial charge in [-0.3, -0.25) is 4.79 Å². The van der Waals surface area contributed by atoms with Crippen LogP contribution in [-0.4, -0.2) is 72.2 Å². The second-order valence-corrected chi connectivity index (χ2v) is 13.1. The normalized spacial score (nSPS) is 17.5. The third-order valence-electron chi connectivity index (χ3n) is 5.65. The maximum Gasteiger partial charge on any atom is 0.314 e. The van der Waals surface area contributed by atoms with Gasteiger partial charge in [-0.15, -0.1) is 0 Å². The summed E-state index contributed by atoms with van der Waals surface area (Å²) in [5.74, 6) is 1.38. The third kappa shape index (κ3) is 65.0. The number of sulfone groups is 1. The summed E-state index contributed by atoms with van der Waals surface area (Å²) in [6.45, 7) is 35.2. The van der Waals surface area contributed by atoms with Crippen LogP contribution in [0, 0.1) is 0 Å². The molecule has 4 aliphatic heterocycles. The van der Waals surface area contributed by atoms with Gasteiger partial charge in [0, 0.05) is 32.6 Å². The molecule has 12 heteroatoms. The Labute approximate surface area is 315 Å². The van der Waals surface area contributed by atoms with Gasteiger partial charge in [0.2, 0.25) is 15.9 Å². The summed E-state index contributed by atoms with van der Waals surface area (Å²) < 4.78 is 45.8. The number of amides is 3. The zero-order valence-corrected chi connectivity index (χ0v) is 38.0. The molecule has 0 aromatic rings. The smallest absolute Gasteiger partial charge is 0.314 e. The monoisotopic (exact) mass is 765 g/mol. The van der Waals surface area contributed by atoms with Crippen LogP contribution < -0.4 is 20.7 Å². The van der Waals surface area contributed by atoms with Crippen molar-refractivity contribution in [3.05, 3.63) is 0 Å². The minimum atomic E-state index is -2.87. The van der Waals surface area contributed by atoms with Crippen LogP contribution in [0.15, 0.2) is 0 Å². The summed E-state index contributed by atoms with van der Waals surface area (Å²) >= 11 is 0. The molecule has 0 aliphatic carbocycles. The third-order valence-corrected chi connectivity index (χ3v) is 8.94. The van der Waals surface area contributed by atoms with Gasteiger partial charge in [0.1, 0.15) is 9.84 Å². The maximum absolute atomic E-state index is 10.9. The first-order chi connectivity index (χ1) is 24.2. The number of hydrogen-bond donors (Lipinski definition) is 4. The zero-order valence-electron chi connectivity index (χ0n) is 36.4. The Bertz CT molecular complexity index is 681. The first-order valence-electron chi connectivity index (χ1n) is 20.7. The zero-order chi connectivity index (χ0) is 41.1. The average Bonchev–Trinajstić information content (AvgIpc) is 3.74. The van der Waals surface area contributed by atoms with Crippen molar-refractivity contribution in [3.8, 4) is 0 Å². The van der Waals surface area contributed by atoms with Gasteiger partial charge in [0.25, 0.3) is 0 Å². The Hall–Kier alpha value is -1.40. The van der Waals surface area contributed by atoms with Crippen molar-refractivity contribution in [2.45, 2.75) is 194 Å². The predicted octanol–water partition coefficient (Wildman–Crippen LogP) is 10.0. The van der Waals surface area contributed by atoms with Gasteiger partial charge in [-0.25, -0.2) is 26.4 Å². The summed E-state index contributed by atoms with van der Waals surface area (Å²) in [4.78, 5) is 21.0. The number of urea groups is 1. The van der Waals surface area contributed by atoms with Crippen LogP contribution in [0.2, 0.25) is 0 Å². The molecule has 4 fully saturated rings. The molecule has 3 amide bonds. The lowest BCUT2D eigenvalue weighted by molar-refractivity contribution is -0.120. The van der Waals surface area contributed by atoms with Gasteiger partial charge < -0.3 is 16.0 Å². The van der Waals surface area contributed by atoms with Gasteiger partial charge in [0.15, 0.2) is 0 Å². The quantitative estimate of drug-likeness (QED) is 0.193. The highest BCUT2D eigenvalue weighted by atomic mass is 32.2. The average molecular weight is 765 g/mol. The van der Waals surface area contributed by atoms with Gasteiger partial charge >= 0.3 is 6.03 Å². The molecule has 50 heavy (non-hydrogen) atoms. The van der Waals surface area contributed by atoms with Gasteiger partial charge in [-0.05, 0) is 51.4 Å². The van der Waals surface area contributed by atoms with E-state index in [1.165, 1.54) is 6.42 Å². The molecule has 312 valence electrons. The van der Waals surface area contributed by atoms with Crippen molar-refractivity contribution in [1.82, 2.24) is 20.7 Å². The van der Waals surface area contributed by atoms with E-state index in [2.05, 4.69) is 20.7 Å².